The zero-order valence-electron chi connectivity index (χ0n) is 13.0. The lowest BCUT2D eigenvalue weighted by Crippen LogP contribution is -1.99. The molecule has 0 aliphatic heterocycles. The molecule has 1 aromatic carbocycles. The molecule has 0 N–H and O–H groups in total. The van der Waals surface area contributed by atoms with Gasteiger partial charge in [-0.15, -0.1) is 0 Å². The molecule has 0 bridgehead atoms. The second-order valence-corrected chi connectivity index (χ2v) is 6.19. The summed E-state index contributed by atoms with van der Waals surface area (Å²) in [6.07, 6.45) is 4.15. The van der Waals surface area contributed by atoms with Crippen LogP contribution in [0.2, 0.25) is 5.02 Å². The van der Waals surface area contributed by atoms with Crippen molar-refractivity contribution in [1.29, 1.82) is 0 Å². The normalized spacial score (nSPS) is 11.2. The van der Waals surface area contributed by atoms with Crippen molar-refractivity contribution in [1.82, 2.24) is 14.4 Å². The zero-order chi connectivity index (χ0) is 16.7. The Morgan fingerprint density at radius 1 is 1.21 bits per heavy atom. The molecule has 0 atom stereocenters. The van der Waals surface area contributed by atoms with Crippen molar-refractivity contribution in [2.24, 2.45) is 0 Å². The van der Waals surface area contributed by atoms with Crippen LogP contribution >= 0.6 is 11.6 Å². The molecule has 3 aromatic heterocycles. The zero-order valence-corrected chi connectivity index (χ0v) is 13.8. The van der Waals surface area contributed by atoms with Crippen LogP contribution in [0.4, 0.5) is 0 Å². The third kappa shape index (κ3) is 2.55. The summed E-state index contributed by atoms with van der Waals surface area (Å²) >= 11 is 6.03. The van der Waals surface area contributed by atoms with Crippen LogP contribution in [0.3, 0.4) is 0 Å². The van der Waals surface area contributed by atoms with Gasteiger partial charge in [0.1, 0.15) is 0 Å². The van der Waals surface area contributed by atoms with Crippen LogP contribution in [0, 0.1) is 0 Å². The molecule has 0 saturated carbocycles. The molecule has 24 heavy (non-hydrogen) atoms. The van der Waals surface area contributed by atoms with Crippen molar-refractivity contribution in [3.63, 3.8) is 0 Å². The van der Waals surface area contributed by atoms with Crippen molar-refractivity contribution >= 4 is 33.8 Å². The van der Waals surface area contributed by atoms with Crippen LogP contribution in [0.25, 0.3) is 16.4 Å². The van der Waals surface area contributed by atoms with Crippen LogP contribution in [0.5, 0.6) is 0 Å². The number of Topliss-reactive ketones (excluding diaryl/α,β-unsaturated/α-hetero) is 1. The highest BCUT2D eigenvalue weighted by Crippen LogP contribution is 2.22. The van der Waals surface area contributed by atoms with E-state index in [9.17, 15) is 4.79 Å². The maximum atomic E-state index is 11.8. The number of carbonyl (C=O) groups is 1. The fourth-order valence-corrected chi connectivity index (χ4v) is 3.10. The molecule has 4 nitrogen and oxygen atoms in total. The minimum absolute atomic E-state index is 0.0445. The number of aromatic nitrogens is 3. The summed E-state index contributed by atoms with van der Waals surface area (Å²) in [6.45, 7) is 1.54. The molecule has 3 heterocycles. The first-order chi connectivity index (χ1) is 11.6. The van der Waals surface area contributed by atoms with Gasteiger partial charge in [-0.2, -0.15) is 0 Å². The van der Waals surface area contributed by atoms with Crippen molar-refractivity contribution in [3.8, 4) is 0 Å². The summed E-state index contributed by atoms with van der Waals surface area (Å²) in [5.41, 5.74) is 3.84. The molecule has 0 amide bonds. The van der Waals surface area contributed by atoms with Crippen molar-refractivity contribution in [2.45, 2.75) is 13.3 Å². The summed E-state index contributed by atoms with van der Waals surface area (Å²) in [6, 6.07) is 13.8. The predicted octanol–water partition coefficient (Wildman–Crippen LogP) is 4.33. The van der Waals surface area contributed by atoms with Gasteiger partial charge in [-0.05, 0) is 35.9 Å². The average molecular weight is 336 g/mol. The van der Waals surface area contributed by atoms with Crippen LogP contribution in [-0.2, 0) is 6.42 Å². The third-order valence-corrected chi connectivity index (χ3v) is 4.23. The standard InChI is InChI=1S/C19H14ClN3O/c1-12(24)19-22-17(18-4-2-3-7-23(18)19)9-13-5-6-16-14(8-13)10-15(20)11-21-16/h2-8,10-11H,9H2,1H3. The van der Waals surface area contributed by atoms with E-state index in [0.717, 1.165) is 27.7 Å². The second kappa shape index (κ2) is 5.73. The van der Waals surface area contributed by atoms with Gasteiger partial charge in [0.2, 0.25) is 0 Å². The molecule has 5 heteroatoms. The number of ketones is 1. The monoisotopic (exact) mass is 335 g/mol. The Morgan fingerprint density at radius 2 is 2.08 bits per heavy atom. The Labute approximate surface area is 143 Å². The van der Waals surface area contributed by atoms with Gasteiger partial charge in [-0.3, -0.25) is 14.2 Å². The van der Waals surface area contributed by atoms with Gasteiger partial charge >= 0.3 is 0 Å². The van der Waals surface area contributed by atoms with Gasteiger partial charge in [-0.25, -0.2) is 4.98 Å². The highest BCUT2D eigenvalue weighted by atomic mass is 35.5. The topological polar surface area (TPSA) is 47.3 Å². The number of halogens is 1. The largest absolute Gasteiger partial charge is 0.297 e. The number of pyridine rings is 2. The van der Waals surface area contributed by atoms with Gasteiger partial charge in [0, 0.05) is 31.1 Å². The summed E-state index contributed by atoms with van der Waals surface area (Å²) in [5, 5.41) is 1.61. The van der Waals surface area contributed by atoms with E-state index in [2.05, 4.69) is 16.0 Å². The number of nitrogens with zero attached hydrogens (tertiary/aromatic N) is 3. The van der Waals surface area contributed by atoms with E-state index in [1.54, 1.807) is 6.20 Å². The Balaban J connectivity index is 1.80. The lowest BCUT2D eigenvalue weighted by Gasteiger charge is -2.03. The first kappa shape index (κ1) is 14.8. The lowest BCUT2D eigenvalue weighted by atomic mass is 10.1. The fraction of sp³-hybridized carbons (Fsp3) is 0.105. The molecule has 0 fully saturated rings. The van der Waals surface area contributed by atoms with Crippen LogP contribution < -0.4 is 0 Å². The van der Waals surface area contributed by atoms with Crippen LogP contribution in [-0.4, -0.2) is 20.2 Å². The predicted molar refractivity (Wildman–Crippen MR) is 94.8 cm³/mol. The van der Waals surface area contributed by atoms with Gasteiger partial charge in [0.15, 0.2) is 11.6 Å². The van der Waals surface area contributed by atoms with Gasteiger partial charge < -0.3 is 0 Å². The molecule has 0 saturated heterocycles. The van der Waals surface area contributed by atoms with Crippen LogP contribution in [0.1, 0.15) is 28.8 Å². The van der Waals surface area contributed by atoms with Gasteiger partial charge in [-0.1, -0.05) is 23.7 Å². The van der Waals surface area contributed by atoms with E-state index in [1.807, 2.05) is 47.0 Å². The summed E-state index contributed by atoms with van der Waals surface area (Å²) in [4.78, 5) is 20.7. The summed E-state index contributed by atoms with van der Waals surface area (Å²) in [5.74, 6) is 0.419. The van der Waals surface area contributed by atoms with E-state index < -0.39 is 0 Å². The van der Waals surface area contributed by atoms with E-state index in [1.165, 1.54) is 6.92 Å². The van der Waals surface area contributed by atoms with E-state index in [-0.39, 0.29) is 5.78 Å². The molecular formula is C19H14ClN3O. The Hall–Kier alpha value is -2.72. The maximum absolute atomic E-state index is 11.8. The number of hydrogen-bond donors (Lipinski definition) is 0. The second-order valence-electron chi connectivity index (χ2n) is 5.75. The van der Waals surface area contributed by atoms with Crippen molar-refractivity contribution in [2.75, 3.05) is 0 Å². The number of benzene rings is 1. The highest BCUT2D eigenvalue weighted by molar-refractivity contribution is 6.31. The van der Waals surface area contributed by atoms with E-state index in [0.29, 0.717) is 17.3 Å². The Bertz CT molecular complexity index is 1080. The van der Waals surface area contributed by atoms with Gasteiger partial charge in [0.25, 0.3) is 0 Å². The molecule has 0 aliphatic carbocycles. The molecule has 4 rings (SSSR count). The summed E-state index contributed by atoms with van der Waals surface area (Å²) < 4.78 is 1.84. The maximum Gasteiger partial charge on any atom is 0.195 e. The lowest BCUT2D eigenvalue weighted by molar-refractivity contribution is 0.100. The number of carbonyl (C=O) groups excluding carboxylic acids is 1. The van der Waals surface area contributed by atoms with Crippen molar-refractivity contribution in [3.05, 3.63) is 77.0 Å². The summed E-state index contributed by atoms with van der Waals surface area (Å²) in [7, 11) is 0. The van der Waals surface area contributed by atoms with E-state index in [4.69, 9.17) is 11.6 Å². The Kier molecular flexibility index (Phi) is 3.54. The highest BCUT2D eigenvalue weighted by Gasteiger charge is 2.14. The smallest absolute Gasteiger partial charge is 0.195 e. The fourth-order valence-electron chi connectivity index (χ4n) is 2.94. The van der Waals surface area contributed by atoms with Crippen LogP contribution in [0.15, 0.2) is 54.9 Å². The first-order valence-corrected chi connectivity index (χ1v) is 8.01. The number of fused-ring (bicyclic) bond motifs is 2. The Morgan fingerprint density at radius 3 is 2.92 bits per heavy atom. The molecule has 0 aliphatic rings. The molecule has 0 radical (unpaired) electrons. The number of rotatable bonds is 3. The van der Waals surface area contributed by atoms with Gasteiger partial charge in [0.05, 0.1) is 21.7 Å². The van der Waals surface area contributed by atoms with E-state index >= 15 is 0 Å². The third-order valence-electron chi connectivity index (χ3n) is 4.02. The van der Waals surface area contributed by atoms with Crippen molar-refractivity contribution < 1.29 is 4.79 Å². The quantitative estimate of drug-likeness (QED) is 0.523. The first-order valence-electron chi connectivity index (χ1n) is 7.63. The number of imidazole rings is 1. The number of hydrogen-bond acceptors (Lipinski definition) is 3. The molecule has 0 unspecified atom stereocenters. The SMILES string of the molecule is CC(=O)c1nc(Cc2ccc3ncc(Cl)cc3c2)c2ccccn12. The average Bonchev–Trinajstić information content (AvgIpc) is 2.94. The molecular weight excluding hydrogens is 322 g/mol. The minimum atomic E-state index is -0.0445. The molecule has 0 spiro atoms. The minimum Gasteiger partial charge on any atom is -0.297 e. The molecule has 118 valence electrons. The molecule has 4 aromatic rings.